The molecule has 0 atom stereocenters. The smallest absolute Gasteiger partial charge is 0.0267 e. The molecule has 0 unspecified atom stereocenters. The van der Waals surface area contributed by atoms with Crippen LogP contribution in [0.15, 0.2) is 61.2 Å². The SMILES string of the molecule is C#C.c1ccncc1.c1ccncc1. The second-order valence-corrected chi connectivity index (χ2v) is 2.05. The Balaban J connectivity index is 0.000000206. The van der Waals surface area contributed by atoms with Crippen molar-refractivity contribution >= 4 is 0 Å². The molecular weight excluding hydrogens is 172 g/mol. The van der Waals surface area contributed by atoms with Crippen molar-refractivity contribution in [3.8, 4) is 12.8 Å². The Bertz CT molecular complexity index is 218. The molecule has 0 aliphatic rings. The highest BCUT2D eigenvalue weighted by Gasteiger charge is 1.59. The highest BCUT2D eigenvalue weighted by atomic mass is 14.6. The van der Waals surface area contributed by atoms with Gasteiger partial charge in [-0.15, -0.1) is 12.8 Å². The van der Waals surface area contributed by atoms with Crippen molar-refractivity contribution in [3.63, 3.8) is 0 Å². The van der Waals surface area contributed by atoms with Gasteiger partial charge in [-0.2, -0.15) is 0 Å². The van der Waals surface area contributed by atoms with Crippen LogP contribution in [0.1, 0.15) is 0 Å². The van der Waals surface area contributed by atoms with Crippen molar-refractivity contribution in [1.82, 2.24) is 9.97 Å². The average molecular weight is 184 g/mol. The summed E-state index contributed by atoms with van der Waals surface area (Å²) in [6, 6.07) is 11.4. The third-order valence-electron chi connectivity index (χ3n) is 1.13. The van der Waals surface area contributed by atoms with Gasteiger partial charge in [0.2, 0.25) is 0 Å². The molecule has 2 nitrogen and oxygen atoms in total. The molecule has 0 saturated heterocycles. The lowest BCUT2D eigenvalue weighted by atomic mass is 10.5. The zero-order valence-corrected chi connectivity index (χ0v) is 7.82. The van der Waals surface area contributed by atoms with Crippen molar-refractivity contribution in [3.05, 3.63) is 61.2 Å². The lowest BCUT2D eigenvalue weighted by Gasteiger charge is -1.70. The molecule has 2 aromatic heterocycles. The van der Waals surface area contributed by atoms with Crippen LogP contribution in [0.3, 0.4) is 0 Å². The number of aromatic nitrogens is 2. The second kappa shape index (κ2) is 10.9. The minimum Gasteiger partial charge on any atom is -0.265 e. The summed E-state index contributed by atoms with van der Waals surface area (Å²) in [6.07, 6.45) is 15.0. The van der Waals surface area contributed by atoms with Crippen molar-refractivity contribution < 1.29 is 0 Å². The highest BCUT2D eigenvalue weighted by Crippen LogP contribution is 1.74. The Morgan fingerprint density at radius 2 is 0.786 bits per heavy atom. The molecule has 0 saturated carbocycles. The maximum Gasteiger partial charge on any atom is 0.0267 e. The van der Waals surface area contributed by atoms with E-state index >= 15 is 0 Å². The fraction of sp³-hybridized carbons (Fsp3) is 0. The average Bonchev–Trinajstić information content (AvgIpc) is 2.37. The van der Waals surface area contributed by atoms with E-state index in [2.05, 4.69) is 22.8 Å². The first-order valence-corrected chi connectivity index (χ1v) is 4.03. The molecule has 0 aromatic carbocycles. The van der Waals surface area contributed by atoms with E-state index in [1.165, 1.54) is 0 Å². The van der Waals surface area contributed by atoms with Crippen molar-refractivity contribution in [2.75, 3.05) is 0 Å². The third-order valence-corrected chi connectivity index (χ3v) is 1.13. The van der Waals surface area contributed by atoms with E-state index in [1.54, 1.807) is 24.8 Å². The van der Waals surface area contributed by atoms with Gasteiger partial charge in [0, 0.05) is 24.8 Å². The number of rotatable bonds is 0. The molecular formula is C12H12N2. The summed E-state index contributed by atoms with van der Waals surface area (Å²) in [7, 11) is 0. The molecule has 0 N–H and O–H groups in total. The molecule has 0 aliphatic heterocycles. The summed E-state index contributed by atoms with van der Waals surface area (Å²) < 4.78 is 0. The zero-order valence-electron chi connectivity index (χ0n) is 7.82. The van der Waals surface area contributed by atoms with Gasteiger partial charge in [0.1, 0.15) is 0 Å². The summed E-state index contributed by atoms with van der Waals surface area (Å²) in [5.74, 6) is 0. The summed E-state index contributed by atoms with van der Waals surface area (Å²) >= 11 is 0. The molecule has 0 amide bonds. The largest absolute Gasteiger partial charge is 0.265 e. The predicted octanol–water partition coefficient (Wildman–Crippen LogP) is 2.41. The van der Waals surface area contributed by atoms with Crippen molar-refractivity contribution in [2.45, 2.75) is 0 Å². The van der Waals surface area contributed by atoms with Crippen LogP contribution in [-0.2, 0) is 0 Å². The van der Waals surface area contributed by atoms with Gasteiger partial charge >= 0.3 is 0 Å². The standard InChI is InChI=1S/2C5H5N.C2H2/c2*1-2-4-6-5-3-1;1-2/h2*1-5H;1-2H. The summed E-state index contributed by atoms with van der Waals surface area (Å²) in [6.45, 7) is 0. The third kappa shape index (κ3) is 7.96. The quantitative estimate of drug-likeness (QED) is 0.587. The van der Waals surface area contributed by atoms with Crippen molar-refractivity contribution in [2.24, 2.45) is 0 Å². The first kappa shape index (κ1) is 11.9. The first-order chi connectivity index (χ1) is 7.00. The topological polar surface area (TPSA) is 25.8 Å². The van der Waals surface area contributed by atoms with E-state index in [0.29, 0.717) is 0 Å². The number of hydrogen-bond acceptors (Lipinski definition) is 2. The van der Waals surface area contributed by atoms with Gasteiger partial charge in [0.05, 0.1) is 0 Å². The highest BCUT2D eigenvalue weighted by molar-refractivity contribution is 4.88. The molecule has 70 valence electrons. The van der Waals surface area contributed by atoms with E-state index in [0.717, 1.165) is 0 Å². The van der Waals surface area contributed by atoms with Gasteiger partial charge in [-0.25, -0.2) is 0 Å². The van der Waals surface area contributed by atoms with Gasteiger partial charge in [-0.3, -0.25) is 9.97 Å². The van der Waals surface area contributed by atoms with E-state index in [1.807, 2.05) is 36.4 Å². The molecule has 2 heteroatoms. The minimum atomic E-state index is 1.75. The fourth-order valence-corrected chi connectivity index (χ4v) is 0.625. The van der Waals surface area contributed by atoms with Crippen LogP contribution < -0.4 is 0 Å². The molecule has 0 fully saturated rings. The van der Waals surface area contributed by atoms with Crippen LogP contribution in [0.25, 0.3) is 0 Å². The van der Waals surface area contributed by atoms with Crippen LogP contribution in [0.2, 0.25) is 0 Å². The van der Waals surface area contributed by atoms with Crippen molar-refractivity contribution in [1.29, 1.82) is 0 Å². The fourth-order valence-electron chi connectivity index (χ4n) is 0.625. The maximum atomic E-state index is 4.00. The molecule has 0 aliphatic carbocycles. The molecule has 2 heterocycles. The monoisotopic (exact) mass is 184 g/mol. The molecule has 2 rings (SSSR count). The van der Waals surface area contributed by atoms with Crippen LogP contribution in [0.4, 0.5) is 0 Å². The molecule has 2 aromatic rings. The molecule has 14 heavy (non-hydrogen) atoms. The lowest BCUT2D eigenvalue weighted by molar-refractivity contribution is 1.33. The Labute approximate surface area is 84.7 Å². The van der Waals surface area contributed by atoms with Gasteiger partial charge in [-0.1, -0.05) is 12.1 Å². The van der Waals surface area contributed by atoms with Crippen LogP contribution in [0.5, 0.6) is 0 Å². The number of terminal acetylenes is 1. The zero-order chi connectivity index (χ0) is 10.5. The number of pyridine rings is 2. The van der Waals surface area contributed by atoms with Gasteiger partial charge in [0.15, 0.2) is 0 Å². The predicted molar refractivity (Wildman–Crippen MR) is 58.4 cm³/mol. The lowest BCUT2D eigenvalue weighted by Crippen LogP contribution is -1.58. The van der Waals surface area contributed by atoms with Gasteiger partial charge < -0.3 is 0 Å². The normalized spacial score (nSPS) is 7.00. The van der Waals surface area contributed by atoms with Crippen LogP contribution in [-0.4, -0.2) is 9.97 Å². The molecule has 0 spiro atoms. The molecule has 0 bridgehead atoms. The Kier molecular flexibility index (Phi) is 9.20. The first-order valence-electron chi connectivity index (χ1n) is 4.03. The maximum absolute atomic E-state index is 4.00. The Morgan fingerprint density at radius 1 is 0.500 bits per heavy atom. The van der Waals surface area contributed by atoms with Gasteiger partial charge in [-0.05, 0) is 24.3 Å². The van der Waals surface area contributed by atoms with Crippen LogP contribution in [0, 0.1) is 12.8 Å². The second-order valence-electron chi connectivity index (χ2n) is 2.05. The van der Waals surface area contributed by atoms with E-state index in [-0.39, 0.29) is 0 Å². The minimum absolute atomic E-state index is 1.75. The Hall–Kier alpha value is -2.14. The number of nitrogens with zero attached hydrogens (tertiary/aromatic N) is 2. The Morgan fingerprint density at radius 3 is 0.857 bits per heavy atom. The summed E-state index contributed by atoms with van der Waals surface area (Å²) in [5.41, 5.74) is 0. The van der Waals surface area contributed by atoms with E-state index in [4.69, 9.17) is 0 Å². The summed E-state index contributed by atoms with van der Waals surface area (Å²) in [5, 5.41) is 0. The van der Waals surface area contributed by atoms with E-state index in [9.17, 15) is 0 Å². The van der Waals surface area contributed by atoms with Crippen LogP contribution >= 0.6 is 0 Å². The number of hydrogen-bond donors (Lipinski definition) is 0. The molecule has 0 radical (unpaired) electrons. The summed E-state index contributed by atoms with van der Waals surface area (Å²) in [4.78, 5) is 7.57. The van der Waals surface area contributed by atoms with Gasteiger partial charge in [0.25, 0.3) is 0 Å². The van der Waals surface area contributed by atoms with E-state index < -0.39 is 0 Å².